The van der Waals surface area contributed by atoms with Crippen LogP contribution in [0.15, 0.2) is 24.5 Å². The van der Waals surface area contributed by atoms with E-state index in [0.29, 0.717) is 6.54 Å². The number of H-pyrrole nitrogens is 1. The molecule has 0 amide bonds. The van der Waals surface area contributed by atoms with Gasteiger partial charge >= 0.3 is 0 Å². The average molecular weight is 203 g/mol. The summed E-state index contributed by atoms with van der Waals surface area (Å²) in [6.07, 6.45) is 1.71. The van der Waals surface area contributed by atoms with Gasteiger partial charge in [-0.15, -0.1) is 0 Å². The van der Waals surface area contributed by atoms with E-state index in [4.69, 9.17) is 10.5 Å². The van der Waals surface area contributed by atoms with E-state index in [2.05, 4.69) is 22.1 Å². The lowest BCUT2D eigenvalue weighted by atomic mass is 9.78. The lowest BCUT2D eigenvalue weighted by Gasteiger charge is -2.41. The maximum atomic E-state index is 5.81. The van der Waals surface area contributed by atoms with Crippen LogP contribution in [0, 0.1) is 0 Å². The molecular formula is C11H13N3O. The number of ether oxygens (including phenoxy) is 1. The van der Waals surface area contributed by atoms with Gasteiger partial charge in [0.05, 0.1) is 36.0 Å². The maximum Gasteiger partial charge on any atom is 0.0931 e. The van der Waals surface area contributed by atoms with Crippen molar-refractivity contribution in [2.45, 2.75) is 5.41 Å². The molecule has 1 aliphatic heterocycles. The summed E-state index contributed by atoms with van der Waals surface area (Å²) < 4.78 is 5.27. The molecule has 4 heteroatoms. The minimum Gasteiger partial charge on any atom is -0.379 e. The predicted molar refractivity (Wildman–Crippen MR) is 57.6 cm³/mol. The fourth-order valence-corrected chi connectivity index (χ4v) is 2.02. The second kappa shape index (κ2) is 3.05. The summed E-state index contributed by atoms with van der Waals surface area (Å²) in [6.45, 7) is 2.08. The summed E-state index contributed by atoms with van der Waals surface area (Å²) in [5.74, 6) is 0. The van der Waals surface area contributed by atoms with E-state index >= 15 is 0 Å². The van der Waals surface area contributed by atoms with Crippen LogP contribution in [-0.4, -0.2) is 29.7 Å². The number of fused-ring (bicyclic) bond motifs is 1. The van der Waals surface area contributed by atoms with E-state index in [1.54, 1.807) is 6.33 Å². The number of nitrogens with two attached hydrogens (primary N) is 1. The summed E-state index contributed by atoms with van der Waals surface area (Å²) in [4.78, 5) is 7.31. The minimum atomic E-state index is 0.0271. The first-order chi connectivity index (χ1) is 7.34. The third kappa shape index (κ3) is 1.19. The molecule has 1 aromatic carbocycles. The van der Waals surface area contributed by atoms with Crippen LogP contribution >= 0.6 is 0 Å². The topological polar surface area (TPSA) is 63.9 Å². The molecule has 1 saturated heterocycles. The van der Waals surface area contributed by atoms with E-state index in [1.807, 2.05) is 6.07 Å². The summed E-state index contributed by atoms with van der Waals surface area (Å²) in [7, 11) is 0. The van der Waals surface area contributed by atoms with Crippen molar-refractivity contribution in [2.75, 3.05) is 19.8 Å². The van der Waals surface area contributed by atoms with E-state index in [0.717, 1.165) is 24.2 Å². The molecule has 78 valence electrons. The van der Waals surface area contributed by atoms with Crippen molar-refractivity contribution in [3.05, 3.63) is 30.1 Å². The first-order valence-corrected chi connectivity index (χ1v) is 5.05. The Morgan fingerprint density at radius 3 is 3.00 bits per heavy atom. The van der Waals surface area contributed by atoms with Gasteiger partial charge in [-0.3, -0.25) is 0 Å². The Morgan fingerprint density at radius 1 is 1.47 bits per heavy atom. The standard InChI is InChI=1S/C11H13N3O/c12-4-11(5-15-6-11)8-1-2-9-10(3-8)14-7-13-9/h1-3,7H,4-6,12H2,(H,13,14). The van der Waals surface area contributed by atoms with E-state index in [1.165, 1.54) is 5.56 Å². The lowest BCUT2D eigenvalue weighted by Crippen LogP contribution is -2.52. The third-order valence-corrected chi connectivity index (χ3v) is 3.18. The summed E-state index contributed by atoms with van der Waals surface area (Å²) in [5.41, 5.74) is 9.14. The second-order valence-electron chi connectivity index (χ2n) is 4.11. The molecule has 0 aliphatic carbocycles. The smallest absolute Gasteiger partial charge is 0.0931 e. The van der Waals surface area contributed by atoms with Crippen LogP contribution in [0.25, 0.3) is 11.0 Å². The van der Waals surface area contributed by atoms with Crippen molar-refractivity contribution in [2.24, 2.45) is 5.73 Å². The van der Waals surface area contributed by atoms with Gasteiger partial charge in [0.25, 0.3) is 0 Å². The van der Waals surface area contributed by atoms with Gasteiger partial charge in [0.2, 0.25) is 0 Å². The summed E-state index contributed by atoms with van der Waals surface area (Å²) in [6, 6.07) is 6.24. The molecule has 4 nitrogen and oxygen atoms in total. The highest BCUT2D eigenvalue weighted by Gasteiger charge is 2.39. The van der Waals surface area contributed by atoms with Gasteiger partial charge in [-0.1, -0.05) is 6.07 Å². The zero-order chi connectivity index (χ0) is 10.3. The number of hydrogen-bond acceptors (Lipinski definition) is 3. The van der Waals surface area contributed by atoms with Gasteiger partial charge in [-0.25, -0.2) is 4.98 Å². The Balaban J connectivity index is 2.10. The number of rotatable bonds is 2. The monoisotopic (exact) mass is 203 g/mol. The van der Waals surface area contributed by atoms with Crippen molar-refractivity contribution in [1.29, 1.82) is 0 Å². The molecular weight excluding hydrogens is 190 g/mol. The average Bonchev–Trinajstić information content (AvgIpc) is 2.64. The van der Waals surface area contributed by atoms with Crippen LogP contribution in [0.4, 0.5) is 0 Å². The molecule has 15 heavy (non-hydrogen) atoms. The molecule has 0 saturated carbocycles. The van der Waals surface area contributed by atoms with Crippen molar-refractivity contribution in [3.8, 4) is 0 Å². The Morgan fingerprint density at radius 2 is 2.33 bits per heavy atom. The number of aromatic amines is 1. The Hall–Kier alpha value is -1.39. The van der Waals surface area contributed by atoms with Gasteiger partial charge in [-0.2, -0.15) is 0 Å². The van der Waals surface area contributed by atoms with Crippen LogP contribution in [0.5, 0.6) is 0 Å². The Kier molecular flexibility index (Phi) is 1.81. The summed E-state index contributed by atoms with van der Waals surface area (Å²) in [5, 5.41) is 0. The molecule has 3 rings (SSSR count). The highest BCUT2D eigenvalue weighted by molar-refractivity contribution is 5.75. The van der Waals surface area contributed by atoms with Gasteiger partial charge in [0.15, 0.2) is 0 Å². The Labute approximate surface area is 87.4 Å². The number of imidazole rings is 1. The molecule has 2 heterocycles. The second-order valence-corrected chi connectivity index (χ2v) is 4.11. The predicted octanol–water partition coefficient (Wildman–Crippen LogP) is 0.790. The van der Waals surface area contributed by atoms with Crippen LogP contribution in [-0.2, 0) is 10.2 Å². The molecule has 0 bridgehead atoms. The lowest BCUT2D eigenvalue weighted by molar-refractivity contribution is -0.0549. The zero-order valence-electron chi connectivity index (χ0n) is 8.36. The van der Waals surface area contributed by atoms with Crippen LogP contribution in [0.1, 0.15) is 5.56 Å². The van der Waals surface area contributed by atoms with Gasteiger partial charge < -0.3 is 15.5 Å². The SMILES string of the molecule is NCC1(c2ccc3nc[nH]c3c2)COC1. The number of aromatic nitrogens is 2. The van der Waals surface area contributed by atoms with Gasteiger partial charge in [0.1, 0.15) is 0 Å². The highest BCUT2D eigenvalue weighted by atomic mass is 16.5. The van der Waals surface area contributed by atoms with Gasteiger partial charge in [0, 0.05) is 6.54 Å². The maximum absolute atomic E-state index is 5.81. The van der Waals surface area contributed by atoms with E-state index in [9.17, 15) is 0 Å². The fraction of sp³-hybridized carbons (Fsp3) is 0.364. The Bertz CT molecular complexity index is 482. The quantitative estimate of drug-likeness (QED) is 0.758. The highest BCUT2D eigenvalue weighted by Crippen LogP contribution is 2.32. The molecule has 0 radical (unpaired) electrons. The van der Waals surface area contributed by atoms with E-state index in [-0.39, 0.29) is 5.41 Å². The van der Waals surface area contributed by atoms with Crippen LogP contribution in [0.3, 0.4) is 0 Å². The number of benzene rings is 1. The molecule has 0 atom stereocenters. The molecule has 2 aromatic rings. The first-order valence-electron chi connectivity index (χ1n) is 5.05. The third-order valence-electron chi connectivity index (χ3n) is 3.18. The zero-order valence-corrected chi connectivity index (χ0v) is 8.36. The molecule has 0 spiro atoms. The first kappa shape index (κ1) is 8.88. The number of hydrogen-bond donors (Lipinski definition) is 2. The number of nitrogens with zero attached hydrogens (tertiary/aromatic N) is 1. The molecule has 0 unspecified atom stereocenters. The van der Waals surface area contributed by atoms with Crippen LogP contribution < -0.4 is 5.73 Å². The molecule has 1 aliphatic rings. The van der Waals surface area contributed by atoms with Crippen molar-refractivity contribution >= 4 is 11.0 Å². The summed E-state index contributed by atoms with van der Waals surface area (Å²) >= 11 is 0. The van der Waals surface area contributed by atoms with Crippen molar-refractivity contribution < 1.29 is 4.74 Å². The fourth-order valence-electron chi connectivity index (χ4n) is 2.02. The normalized spacial score (nSPS) is 19.0. The molecule has 1 aromatic heterocycles. The molecule has 1 fully saturated rings. The largest absolute Gasteiger partial charge is 0.379 e. The number of nitrogens with one attached hydrogen (secondary N) is 1. The van der Waals surface area contributed by atoms with Gasteiger partial charge in [-0.05, 0) is 17.7 Å². The van der Waals surface area contributed by atoms with Crippen molar-refractivity contribution in [3.63, 3.8) is 0 Å². The minimum absolute atomic E-state index is 0.0271. The van der Waals surface area contributed by atoms with Crippen molar-refractivity contribution in [1.82, 2.24) is 9.97 Å². The van der Waals surface area contributed by atoms with Crippen LogP contribution in [0.2, 0.25) is 0 Å². The van der Waals surface area contributed by atoms with E-state index < -0.39 is 0 Å². The molecule has 3 N–H and O–H groups in total.